The van der Waals surface area contributed by atoms with Crippen molar-refractivity contribution in [3.63, 3.8) is 0 Å². The van der Waals surface area contributed by atoms with Crippen molar-refractivity contribution in [3.05, 3.63) is 0 Å². The highest BCUT2D eigenvalue weighted by Gasteiger charge is 2.90. The van der Waals surface area contributed by atoms with Crippen LogP contribution in [0.15, 0.2) is 0 Å². The van der Waals surface area contributed by atoms with Crippen LogP contribution in [0.2, 0.25) is 0 Å². The predicted octanol–water partition coefficient (Wildman–Crippen LogP) is 5.71. The van der Waals surface area contributed by atoms with E-state index in [0.717, 1.165) is 6.92 Å². The van der Waals surface area contributed by atoms with E-state index < -0.39 is 65.6 Å². The molecule has 0 bridgehead atoms. The van der Waals surface area contributed by atoms with Gasteiger partial charge in [0.05, 0.1) is 6.42 Å². The molecule has 1 atom stereocenters. The molecule has 0 aliphatic heterocycles. The summed E-state index contributed by atoms with van der Waals surface area (Å²) in [5.74, 6) is -39.5. The van der Waals surface area contributed by atoms with Gasteiger partial charge in [0.15, 0.2) is 0 Å². The lowest BCUT2D eigenvalue weighted by Crippen LogP contribution is -2.70. The molecule has 0 aromatic heterocycles. The van der Waals surface area contributed by atoms with Crippen LogP contribution in [0, 0.1) is 0 Å². The van der Waals surface area contributed by atoms with E-state index in [9.17, 15) is 61.9 Å². The molecule has 0 aliphatic carbocycles. The first-order chi connectivity index (χ1) is 12.1. The number of carbonyl (C=O) groups is 1. The Balaban J connectivity index is 5.65. The Morgan fingerprint density at radius 2 is 1.18 bits per heavy atom. The van der Waals surface area contributed by atoms with Gasteiger partial charge in [-0.25, -0.2) is 0 Å². The molecule has 0 heterocycles. The molecule has 0 aromatic carbocycles. The van der Waals surface area contributed by atoms with Crippen LogP contribution in [0.3, 0.4) is 0 Å². The maximum Gasteiger partial charge on any atom is 0.460 e. The fourth-order valence-electron chi connectivity index (χ4n) is 1.65. The number of thioether (sulfide) groups is 1. The number of carboxylic acids is 1. The molecular formula is C12H11F13O2S. The maximum absolute atomic E-state index is 13.4. The van der Waals surface area contributed by atoms with E-state index in [-0.39, 0.29) is 11.8 Å². The topological polar surface area (TPSA) is 37.3 Å². The molecule has 0 rings (SSSR count). The summed E-state index contributed by atoms with van der Waals surface area (Å²) in [6.45, 7) is 1.10. The molecule has 0 amide bonds. The molecule has 168 valence electrons. The number of rotatable bonds is 10. The van der Waals surface area contributed by atoms with Gasteiger partial charge in [0.1, 0.15) is 0 Å². The van der Waals surface area contributed by atoms with E-state index in [1.807, 2.05) is 0 Å². The van der Waals surface area contributed by atoms with Crippen molar-refractivity contribution in [2.45, 2.75) is 60.8 Å². The van der Waals surface area contributed by atoms with E-state index in [1.165, 1.54) is 0 Å². The molecule has 0 saturated carbocycles. The lowest BCUT2D eigenvalue weighted by molar-refractivity contribution is -0.439. The SMILES string of the molecule is CC(CC(=O)O)SCCC(F)(F)C(F)(F)C(F)(F)C(F)(F)C(F)(F)C(F)(F)F. The highest BCUT2D eigenvalue weighted by atomic mass is 32.2. The van der Waals surface area contributed by atoms with E-state index in [4.69, 9.17) is 5.11 Å². The first kappa shape index (κ1) is 26.9. The highest BCUT2D eigenvalue weighted by molar-refractivity contribution is 7.99. The number of alkyl halides is 13. The van der Waals surface area contributed by atoms with Crippen LogP contribution in [-0.2, 0) is 4.79 Å². The summed E-state index contributed by atoms with van der Waals surface area (Å²) < 4.78 is 167. The molecule has 28 heavy (non-hydrogen) atoms. The second-order valence-corrected chi connectivity index (χ2v) is 7.08. The van der Waals surface area contributed by atoms with Gasteiger partial charge >= 0.3 is 41.8 Å². The van der Waals surface area contributed by atoms with Gasteiger partial charge in [-0.15, -0.1) is 0 Å². The third kappa shape index (κ3) is 4.72. The quantitative estimate of drug-likeness (QED) is 0.419. The van der Waals surface area contributed by atoms with Crippen molar-refractivity contribution in [1.82, 2.24) is 0 Å². The summed E-state index contributed by atoms with van der Waals surface area (Å²) in [5, 5.41) is 7.37. The Kier molecular flexibility index (Phi) is 7.66. The molecule has 1 unspecified atom stereocenters. The highest BCUT2D eigenvalue weighted by Crippen LogP contribution is 2.60. The molecule has 2 nitrogen and oxygen atoms in total. The lowest BCUT2D eigenvalue weighted by Gasteiger charge is -2.39. The Morgan fingerprint density at radius 1 is 0.786 bits per heavy atom. The average Bonchev–Trinajstić information content (AvgIpc) is 2.43. The summed E-state index contributed by atoms with van der Waals surface area (Å²) in [5.41, 5.74) is 0. The largest absolute Gasteiger partial charge is 0.481 e. The van der Waals surface area contributed by atoms with Crippen molar-refractivity contribution in [3.8, 4) is 0 Å². The number of halogens is 13. The van der Waals surface area contributed by atoms with Crippen LogP contribution in [0.1, 0.15) is 19.8 Å². The van der Waals surface area contributed by atoms with Gasteiger partial charge < -0.3 is 5.11 Å². The van der Waals surface area contributed by atoms with Crippen LogP contribution in [0.4, 0.5) is 57.1 Å². The van der Waals surface area contributed by atoms with Gasteiger partial charge in [-0.1, -0.05) is 6.92 Å². The molecule has 0 aromatic rings. The van der Waals surface area contributed by atoms with Crippen molar-refractivity contribution in [2.24, 2.45) is 0 Å². The first-order valence-electron chi connectivity index (χ1n) is 6.85. The third-order valence-electron chi connectivity index (χ3n) is 3.28. The second-order valence-electron chi connectivity index (χ2n) is 5.53. The van der Waals surface area contributed by atoms with Crippen LogP contribution >= 0.6 is 11.8 Å². The molecule has 0 radical (unpaired) electrons. The van der Waals surface area contributed by atoms with Crippen LogP contribution in [-0.4, -0.2) is 57.9 Å². The molecule has 0 saturated heterocycles. The lowest BCUT2D eigenvalue weighted by atomic mass is 9.93. The van der Waals surface area contributed by atoms with Crippen molar-refractivity contribution < 1.29 is 67.0 Å². The summed E-state index contributed by atoms with van der Waals surface area (Å²) in [6, 6.07) is 0. The number of hydrogen-bond donors (Lipinski definition) is 1. The summed E-state index contributed by atoms with van der Waals surface area (Å²) >= 11 is 0.221. The van der Waals surface area contributed by atoms with Crippen LogP contribution in [0.25, 0.3) is 0 Å². The molecule has 0 spiro atoms. The summed E-state index contributed by atoms with van der Waals surface area (Å²) in [6.07, 6.45) is -10.5. The van der Waals surface area contributed by atoms with E-state index >= 15 is 0 Å². The first-order valence-corrected chi connectivity index (χ1v) is 7.90. The van der Waals surface area contributed by atoms with E-state index in [1.54, 1.807) is 0 Å². The number of hydrogen-bond acceptors (Lipinski definition) is 2. The van der Waals surface area contributed by atoms with E-state index in [0.29, 0.717) is 0 Å². The summed E-state index contributed by atoms with van der Waals surface area (Å²) in [7, 11) is 0. The average molecular weight is 466 g/mol. The van der Waals surface area contributed by atoms with Gasteiger partial charge in [0.25, 0.3) is 0 Å². The maximum atomic E-state index is 13.4. The van der Waals surface area contributed by atoms with Crippen molar-refractivity contribution >= 4 is 17.7 Å². The van der Waals surface area contributed by atoms with Crippen LogP contribution in [0.5, 0.6) is 0 Å². The van der Waals surface area contributed by atoms with Gasteiger partial charge in [-0.3, -0.25) is 4.79 Å². The monoisotopic (exact) mass is 466 g/mol. The minimum Gasteiger partial charge on any atom is -0.481 e. The van der Waals surface area contributed by atoms with Gasteiger partial charge in [-0.2, -0.15) is 68.8 Å². The Morgan fingerprint density at radius 3 is 1.54 bits per heavy atom. The predicted molar refractivity (Wildman–Crippen MR) is 69.6 cm³/mol. The zero-order valence-electron chi connectivity index (χ0n) is 13.4. The molecular weight excluding hydrogens is 455 g/mol. The zero-order chi connectivity index (χ0) is 23.0. The minimum absolute atomic E-state index is 0.221. The Bertz CT molecular complexity index is 558. The van der Waals surface area contributed by atoms with Gasteiger partial charge in [0, 0.05) is 11.7 Å². The number of carboxylic acid groups (broad SMARTS) is 1. The third-order valence-corrected chi connectivity index (χ3v) is 4.45. The van der Waals surface area contributed by atoms with Gasteiger partial charge in [0.2, 0.25) is 0 Å². The fraction of sp³-hybridized carbons (Fsp3) is 0.917. The molecule has 0 fully saturated rings. The van der Waals surface area contributed by atoms with Crippen molar-refractivity contribution in [1.29, 1.82) is 0 Å². The number of aliphatic carboxylic acids is 1. The zero-order valence-corrected chi connectivity index (χ0v) is 14.2. The Labute approximate surface area is 152 Å². The Hall–Kier alpha value is -1.09. The smallest absolute Gasteiger partial charge is 0.460 e. The normalized spacial score (nSPS) is 16.2. The minimum atomic E-state index is -7.91. The fourth-order valence-corrected chi connectivity index (χ4v) is 2.69. The van der Waals surface area contributed by atoms with Gasteiger partial charge in [-0.05, 0) is 5.75 Å². The van der Waals surface area contributed by atoms with Crippen LogP contribution < -0.4 is 0 Å². The summed E-state index contributed by atoms with van der Waals surface area (Å²) in [4.78, 5) is 10.3. The molecule has 16 heteroatoms. The molecule has 1 N–H and O–H groups in total. The molecule has 0 aliphatic rings. The van der Waals surface area contributed by atoms with E-state index in [2.05, 4.69) is 0 Å². The van der Waals surface area contributed by atoms with Crippen molar-refractivity contribution in [2.75, 3.05) is 5.75 Å². The second kappa shape index (κ2) is 7.97. The standard InChI is InChI=1S/C12H11F13O2S/c1-5(4-6(26)27)28-3-2-7(13,14)8(15,16)9(17,18)10(19,20)11(21,22)12(23,24)25/h5H,2-4H2,1H3,(H,26,27).